The molecule has 0 saturated heterocycles. The Morgan fingerprint density at radius 1 is 1.29 bits per heavy atom. The third kappa shape index (κ3) is 3.21. The Labute approximate surface area is 129 Å². The van der Waals surface area contributed by atoms with Gasteiger partial charge in [-0.15, -0.1) is 0 Å². The molecular weight excluding hydrogens is 341 g/mol. The molecule has 0 atom stereocenters. The first-order valence-corrected chi connectivity index (χ1v) is 7.33. The number of nitro benzene ring substituents is 1. The minimum absolute atomic E-state index is 0.0488. The normalized spacial score (nSPS) is 10.5. The predicted molar refractivity (Wildman–Crippen MR) is 81.7 cm³/mol. The molecule has 0 unspecified atom stereocenters. The van der Waals surface area contributed by atoms with E-state index in [1.807, 2.05) is 0 Å². The summed E-state index contributed by atoms with van der Waals surface area (Å²) >= 11 is 3.27. The van der Waals surface area contributed by atoms with Gasteiger partial charge in [0.15, 0.2) is 11.6 Å². The summed E-state index contributed by atoms with van der Waals surface area (Å²) in [6, 6.07) is 7.59. The standard InChI is InChI=1S/C15H13BrFNO3/c1-9-6-10(2)14(7-13(9)18(19)20)21-15-11(8-16)4-3-5-12(15)17/h3-7H,8H2,1-2H3. The van der Waals surface area contributed by atoms with Crippen molar-refractivity contribution in [2.75, 3.05) is 0 Å². The second kappa shape index (κ2) is 6.22. The number of rotatable bonds is 4. The van der Waals surface area contributed by atoms with E-state index in [-0.39, 0.29) is 17.2 Å². The molecule has 0 spiro atoms. The summed E-state index contributed by atoms with van der Waals surface area (Å²) in [5, 5.41) is 11.4. The molecule has 0 aromatic heterocycles. The van der Waals surface area contributed by atoms with Crippen LogP contribution in [0.15, 0.2) is 30.3 Å². The molecule has 0 aliphatic carbocycles. The minimum Gasteiger partial charge on any atom is -0.453 e. The van der Waals surface area contributed by atoms with Gasteiger partial charge in [0.05, 0.1) is 11.0 Å². The summed E-state index contributed by atoms with van der Waals surface area (Å²) in [4.78, 5) is 10.5. The van der Waals surface area contributed by atoms with Gasteiger partial charge in [0.1, 0.15) is 5.75 Å². The SMILES string of the molecule is Cc1cc(C)c([N+](=O)[O-])cc1Oc1c(F)cccc1CBr. The highest BCUT2D eigenvalue weighted by Gasteiger charge is 2.17. The summed E-state index contributed by atoms with van der Waals surface area (Å²) < 4.78 is 19.5. The van der Waals surface area contributed by atoms with Crippen LogP contribution in [0.3, 0.4) is 0 Å². The first-order chi connectivity index (χ1) is 9.93. The van der Waals surface area contributed by atoms with Crippen molar-refractivity contribution in [1.82, 2.24) is 0 Å². The van der Waals surface area contributed by atoms with Crippen molar-refractivity contribution in [2.24, 2.45) is 0 Å². The molecule has 0 radical (unpaired) electrons. The highest BCUT2D eigenvalue weighted by atomic mass is 79.9. The van der Waals surface area contributed by atoms with Crippen LogP contribution >= 0.6 is 15.9 Å². The molecular formula is C15H13BrFNO3. The fourth-order valence-corrected chi connectivity index (χ4v) is 2.45. The summed E-state index contributed by atoms with van der Waals surface area (Å²) in [6.45, 7) is 3.42. The highest BCUT2D eigenvalue weighted by Crippen LogP contribution is 2.35. The molecule has 0 heterocycles. The van der Waals surface area contributed by atoms with E-state index in [0.29, 0.717) is 22.0 Å². The predicted octanol–water partition coefficient (Wildman–Crippen LogP) is 5.04. The average Bonchev–Trinajstić information content (AvgIpc) is 2.43. The van der Waals surface area contributed by atoms with Crippen LogP contribution in [0.25, 0.3) is 0 Å². The topological polar surface area (TPSA) is 52.4 Å². The van der Waals surface area contributed by atoms with Crippen molar-refractivity contribution in [3.63, 3.8) is 0 Å². The van der Waals surface area contributed by atoms with Gasteiger partial charge >= 0.3 is 0 Å². The van der Waals surface area contributed by atoms with E-state index >= 15 is 0 Å². The lowest BCUT2D eigenvalue weighted by Crippen LogP contribution is -1.98. The number of aryl methyl sites for hydroxylation is 2. The van der Waals surface area contributed by atoms with Crippen molar-refractivity contribution in [1.29, 1.82) is 0 Å². The largest absolute Gasteiger partial charge is 0.453 e. The zero-order valence-corrected chi connectivity index (χ0v) is 13.1. The maximum absolute atomic E-state index is 13.9. The number of benzene rings is 2. The Bertz CT molecular complexity index is 704. The smallest absolute Gasteiger partial charge is 0.276 e. The minimum atomic E-state index is -0.505. The van der Waals surface area contributed by atoms with E-state index in [1.165, 1.54) is 12.1 Å². The van der Waals surface area contributed by atoms with E-state index in [4.69, 9.17) is 4.74 Å². The van der Waals surface area contributed by atoms with Crippen molar-refractivity contribution in [3.8, 4) is 11.5 Å². The summed E-state index contributed by atoms with van der Waals surface area (Å²) in [5.74, 6) is -0.148. The molecule has 0 bridgehead atoms. The number of nitrogens with zero attached hydrogens (tertiary/aromatic N) is 1. The Morgan fingerprint density at radius 2 is 2.00 bits per heavy atom. The molecule has 0 aliphatic rings. The number of hydrogen-bond donors (Lipinski definition) is 0. The maximum Gasteiger partial charge on any atom is 0.276 e. The van der Waals surface area contributed by atoms with Crippen LogP contribution in [-0.4, -0.2) is 4.92 Å². The van der Waals surface area contributed by atoms with Crippen molar-refractivity contribution >= 4 is 21.6 Å². The van der Waals surface area contributed by atoms with Crippen molar-refractivity contribution in [3.05, 3.63) is 63.0 Å². The van der Waals surface area contributed by atoms with Gasteiger partial charge in [-0.1, -0.05) is 28.1 Å². The van der Waals surface area contributed by atoms with E-state index in [9.17, 15) is 14.5 Å². The van der Waals surface area contributed by atoms with Gasteiger partial charge in [0, 0.05) is 16.5 Å². The Morgan fingerprint density at radius 3 is 2.62 bits per heavy atom. The quantitative estimate of drug-likeness (QED) is 0.439. The first kappa shape index (κ1) is 15.4. The van der Waals surface area contributed by atoms with E-state index in [2.05, 4.69) is 15.9 Å². The Balaban J connectivity index is 2.50. The summed E-state index contributed by atoms with van der Waals surface area (Å²) in [6.07, 6.45) is 0. The second-order valence-electron chi connectivity index (χ2n) is 4.63. The molecule has 0 amide bonds. The zero-order chi connectivity index (χ0) is 15.6. The van der Waals surface area contributed by atoms with Gasteiger partial charge in [0.25, 0.3) is 5.69 Å². The first-order valence-electron chi connectivity index (χ1n) is 6.21. The van der Waals surface area contributed by atoms with Crippen LogP contribution in [0, 0.1) is 29.8 Å². The molecule has 0 saturated carbocycles. The van der Waals surface area contributed by atoms with Gasteiger partial charge in [0.2, 0.25) is 0 Å². The van der Waals surface area contributed by atoms with Gasteiger partial charge in [-0.2, -0.15) is 0 Å². The molecule has 21 heavy (non-hydrogen) atoms. The fourth-order valence-electron chi connectivity index (χ4n) is 2.01. The number of para-hydroxylation sites is 1. The molecule has 0 N–H and O–H groups in total. The van der Waals surface area contributed by atoms with Gasteiger partial charge in [-0.25, -0.2) is 4.39 Å². The molecule has 2 aromatic rings. The Hall–Kier alpha value is -1.95. The van der Waals surface area contributed by atoms with Crippen LogP contribution in [-0.2, 0) is 5.33 Å². The third-order valence-electron chi connectivity index (χ3n) is 3.09. The lowest BCUT2D eigenvalue weighted by molar-refractivity contribution is -0.385. The van der Waals surface area contributed by atoms with E-state index in [1.54, 1.807) is 32.0 Å². The molecule has 6 heteroatoms. The molecule has 0 fully saturated rings. The van der Waals surface area contributed by atoms with Crippen LogP contribution in [0.2, 0.25) is 0 Å². The van der Waals surface area contributed by atoms with Gasteiger partial charge in [-0.3, -0.25) is 10.1 Å². The van der Waals surface area contributed by atoms with E-state index in [0.717, 1.165) is 0 Å². The fraction of sp³-hybridized carbons (Fsp3) is 0.200. The maximum atomic E-state index is 13.9. The van der Waals surface area contributed by atoms with Gasteiger partial charge < -0.3 is 4.74 Å². The van der Waals surface area contributed by atoms with Crippen LogP contribution in [0.4, 0.5) is 10.1 Å². The number of hydrogen-bond acceptors (Lipinski definition) is 3. The van der Waals surface area contributed by atoms with Crippen LogP contribution in [0.5, 0.6) is 11.5 Å². The molecule has 0 aliphatic heterocycles. The lowest BCUT2D eigenvalue weighted by atomic mass is 10.1. The van der Waals surface area contributed by atoms with Crippen LogP contribution < -0.4 is 4.74 Å². The number of alkyl halides is 1. The van der Waals surface area contributed by atoms with Crippen molar-refractivity contribution < 1.29 is 14.1 Å². The molecule has 110 valence electrons. The van der Waals surface area contributed by atoms with E-state index < -0.39 is 10.7 Å². The van der Waals surface area contributed by atoms with Gasteiger partial charge in [-0.05, 0) is 31.5 Å². The third-order valence-corrected chi connectivity index (χ3v) is 3.70. The molecule has 2 rings (SSSR count). The summed E-state index contributed by atoms with van der Waals surface area (Å²) in [7, 11) is 0. The second-order valence-corrected chi connectivity index (χ2v) is 5.19. The Kier molecular flexibility index (Phi) is 4.57. The highest BCUT2D eigenvalue weighted by molar-refractivity contribution is 9.08. The number of nitro groups is 1. The number of ether oxygens (including phenoxy) is 1. The lowest BCUT2D eigenvalue weighted by Gasteiger charge is -2.13. The van der Waals surface area contributed by atoms with Crippen LogP contribution in [0.1, 0.15) is 16.7 Å². The zero-order valence-electron chi connectivity index (χ0n) is 11.5. The summed E-state index contributed by atoms with van der Waals surface area (Å²) in [5.41, 5.74) is 1.84. The van der Waals surface area contributed by atoms with Crippen molar-refractivity contribution in [2.45, 2.75) is 19.2 Å². The molecule has 4 nitrogen and oxygen atoms in total. The average molecular weight is 354 g/mol. The monoisotopic (exact) mass is 353 g/mol. The molecule has 2 aromatic carbocycles. The number of halogens is 2.